The molecule has 0 aromatic heterocycles. The van der Waals surface area contributed by atoms with E-state index in [0.717, 1.165) is 35.3 Å². The molecule has 24 heavy (non-hydrogen) atoms. The van der Waals surface area contributed by atoms with Crippen LogP contribution in [0, 0.1) is 19.8 Å². The van der Waals surface area contributed by atoms with Gasteiger partial charge in [0.15, 0.2) is 0 Å². The van der Waals surface area contributed by atoms with Gasteiger partial charge in [-0.25, -0.2) is 0 Å². The van der Waals surface area contributed by atoms with E-state index >= 15 is 0 Å². The van der Waals surface area contributed by atoms with Gasteiger partial charge in [-0.15, -0.1) is 12.4 Å². The summed E-state index contributed by atoms with van der Waals surface area (Å²) in [7, 11) is 0. The number of nitrogens with one attached hydrogen (secondary N) is 1. The highest BCUT2D eigenvalue weighted by Crippen LogP contribution is 2.35. The molecule has 1 heterocycles. The Morgan fingerprint density at radius 1 is 1.12 bits per heavy atom. The van der Waals surface area contributed by atoms with Crippen molar-refractivity contribution in [3.8, 4) is 0 Å². The minimum atomic E-state index is 0. The number of nitrogens with zero attached hydrogens (tertiary/aromatic N) is 1. The van der Waals surface area contributed by atoms with Crippen molar-refractivity contribution in [1.29, 1.82) is 0 Å². The van der Waals surface area contributed by atoms with E-state index in [2.05, 4.69) is 36.2 Å². The monoisotopic (exact) mass is 350 g/mol. The molecule has 2 aliphatic rings. The summed E-state index contributed by atoms with van der Waals surface area (Å²) in [4.78, 5) is 15.0. The highest BCUT2D eigenvalue weighted by molar-refractivity contribution is 5.92. The van der Waals surface area contributed by atoms with Gasteiger partial charge in [0.25, 0.3) is 0 Å². The van der Waals surface area contributed by atoms with Gasteiger partial charge < -0.3 is 5.32 Å². The largest absolute Gasteiger partial charge is 0.326 e. The molecule has 1 amide bonds. The minimum Gasteiger partial charge on any atom is -0.326 e. The lowest BCUT2D eigenvalue weighted by Crippen LogP contribution is -2.47. The lowest BCUT2D eigenvalue weighted by atomic mass is 9.78. The van der Waals surface area contributed by atoms with Gasteiger partial charge in [0.05, 0.1) is 0 Å². The summed E-state index contributed by atoms with van der Waals surface area (Å²) in [6.45, 7) is 6.20. The van der Waals surface area contributed by atoms with Crippen molar-refractivity contribution in [2.24, 2.45) is 5.92 Å². The Hall–Kier alpha value is -1.06. The van der Waals surface area contributed by atoms with Gasteiger partial charge in [0.1, 0.15) is 0 Å². The summed E-state index contributed by atoms with van der Waals surface area (Å²) in [5.41, 5.74) is 3.28. The Morgan fingerprint density at radius 3 is 2.54 bits per heavy atom. The van der Waals surface area contributed by atoms with Crippen LogP contribution in [0.25, 0.3) is 0 Å². The fourth-order valence-electron chi connectivity index (χ4n) is 4.46. The molecule has 0 bridgehead atoms. The Bertz CT molecular complexity index is 538. The Labute approximate surface area is 152 Å². The number of piperidine rings is 1. The average Bonchev–Trinajstić information content (AvgIpc) is 2.56. The first-order valence-electron chi connectivity index (χ1n) is 9.25. The van der Waals surface area contributed by atoms with Gasteiger partial charge in [0, 0.05) is 24.7 Å². The van der Waals surface area contributed by atoms with Crippen molar-refractivity contribution in [2.45, 2.75) is 64.8 Å². The molecule has 1 saturated heterocycles. The van der Waals surface area contributed by atoms with Crippen molar-refractivity contribution in [2.75, 3.05) is 18.4 Å². The molecule has 1 aliphatic heterocycles. The van der Waals surface area contributed by atoms with Crippen LogP contribution in [0.5, 0.6) is 0 Å². The Morgan fingerprint density at radius 2 is 1.79 bits per heavy atom. The number of fused-ring (bicyclic) bond motifs is 1. The molecule has 4 heteroatoms. The summed E-state index contributed by atoms with van der Waals surface area (Å²) in [5, 5.41) is 3.12. The van der Waals surface area contributed by atoms with Crippen molar-refractivity contribution < 1.29 is 4.79 Å². The molecule has 1 aliphatic carbocycles. The van der Waals surface area contributed by atoms with Crippen LogP contribution in [0.4, 0.5) is 5.69 Å². The van der Waals surface area contributed by atoms with Gasteiger partial charge in [0.2, 0.25) is 5.91 Å². The topological polar surface area (TPSA) is 32.3 Å². The van der Waals surface area contributed by atoms with Gasteiger partial charge in [-0.05, 0) is 63.1 Å². The maximum atomic E-state index is 12.4. The molecule has 0 radical (unpaired) electrons. The molecule has 3 rings (SSSR count). The molecular weight excluding hydrogens is 320 g/mol. The molecule has 1 aromatic rings. The van der Waals surface area contributed by atoms with E-state index in [1.165, 1.54) is 45.1 Å². The first-order valence-corrected chi connectivity index (χ1v) is 9.25. The third-order valence-corrected chi connectivity index (χ3v) is 5.73. The average molecular weight is 351 g/mol. The summed E-state index contributed by atoms with van der Waals surface area (Å²) in [6, 6.07) is 6.89. The number of likely N-dealkylation sites (tertiary alicyclic amines) is 1. The lowest BCUT2D eigenvalue weighted by Gasteiger charge is -2.44. The summed E-state index contributed by atoms with van der Waals surface area (Å²) in [5.74, 6) is 1.04. The molecule has 2 fully saturated rings. The van der Waals surface area contributed by atoms with Crippen molar-refractivity contribution in [3.05, 3.63) is 29.3 Å². The number of amides is 1. The second-order valence-corrected chi connectivity index (χ2v) is 7.36. The minimum absolute atomic E-state index is 0. The van der Waals surface area contributed by atoms with Crippen LogP contribution in [0.2, 0.25) is 0 Å². The number of benzene rings is 1. The van der Waals surface area contributed by atoms with Crippen molar-refractivity contribution in [3.63, 3.8) is 0 Å². The molecule has 1 aromatic carbocycles. The number of anilines is 1. The molecule has 0 unspecified atom stereocenters. The highest BCUT2D eigenvalue weighted by Gasteiger charge is 2.32. The maximum absolute atomic E-state index is 12.4. The van der Waals surface area contributed by atoms with Crippen molar-refractivity contribution >= 4 is 24.0 Å². The zero-order chi connectivity index (χ0) is 16.2. The van der Waals surface area contributed by atoms with E-state index < -0.39 is 0 Å². The van der Waals surface area contributed by atoms with Gasteiger partial charge >= 0.3 is 0 Å². The zero-order valence-electron chi connectivity index (χ0n) is 15.0. The predicted octanol–water partition coefficient (Wildman–Crippen LogP) is 4.71. The fraction of sp³-hybridized carbons (Fsp3) is 0.650. The van der Waals surface area contributed by atoms with Crippen LogP contribution >= 0.6 is 12.4 Å². The van der Waals surface area contributed by atoms with E-state index in [-0.39, 0.29) is 18.3 Å². The third kappa shape index (κ3) is 4.52. The van der Waals surface area contributed by atoms with Crippen LogP contribution in [-0.4, -0.2) is 29.9 Å². The van der Waals surface area contributed by atoms with Gasteiger partial charge in [-0.2, -0.15) is 0 Å². The van der Waals surface area contributed by atoms with E-state index in [4.69, 9.17) is 0 Å². The van der Waals surface area contributed by atoms with Gasteiger partial charge in [-0.3, -0.25) is 9.69 Å². The number of carbonyl (C=O) groups excluding carboxylic acids is 1. The quantitative estimate of drug-likeness (QED) is 0.852. The molecule has 1 saturated carbocycles. The number of aryl methyl sites for hydroxylation is 2. The number of hydrogen-bond donors (Lipinski definition) is 1. The molecule has 1 N–H and O–H groups in total. The van der Waals surface area contributed by atoms with E-state index in [0.29, 0.717) is 6.42 Å². The standard InChI is InChI=1S/C20H30N2O.ClH/c1-15-7-5-8-16(2)20(15)21-19(23)12-14-22-13-6-10-17-9-3-4-11-18(17)22;/h5,7-8,17-18H,3-4,6,9-14H2,1-2H3,(H,21,23);1H/t17-,18-;/m0./s1. The molecule has 134 valence electrons. The van der Waals surface area contributed by atoms with Crippen molar-refractivity contribution in [1.82, 2.24) is 4.90 Å². The SMILES string of the molecule is Cc1cccc(C)c1NC(=O)CCN1CCC[C@@H]2CCCC[C@@H]21.Cl. The number of hydrogen-bond acceptors (Lipinski definition) is 2. The third-order valence-electron chi connectivity index (χ3n) is 5.73. The first kappa shape index (κ1) is 19.3. The van der Waals surface area contributed by atoms with E-state index in [1.807, 2.05) is 6.07 Å². The summed E-state index contributed by atoms with van der Waals surface area (Å²) >= 11 is 0. The number of halogens is 1. The smallest absolute Gasteiger partial charge is 0.225 e. The lowest BCUT2D eigenvalue weighted by molar-refractivity contribution is -0.116. The predicted molar refractivity (Wildman–Crippen MR) is 103 cm³/mol. The molecular formula is C20H31ClN2O. The Balaban J connectivity index is 0.00000208. The van der Waals surface area contributed by atoms with Crippen LogP contribution in [-0.2, 0) is 4.79 Å². The number of carbonyl (C=O) groups is 1. The first-order chi connectivity index (χ1) is 11.1. The number of para-hydroxylation sites is 1. The molecule has 3 nitrogen and oxygen atoms in total. The summed E-state index contributed by atoms with van der Waals surface area (Å²) in [6.07, 6.45) is 8.82. The van der Waals surface area contributed by atoms with Crippen LogP contribution in [0.3, 0.4) is 0 Å². The fourth-order valence-corrected chi connectivity index (χ4v) is 4.46. The summed E-state index contributed by atoms with van der Waals surface area (Å²) < 4.78 is 0. The molecule has 2 atom stereocenters. The second-order valence-electron chi connectivity index (χ2n) is 7.36. The van der Waals surface area contributed by atoms with Crippen LogP contribution < -0.4 is 5.32 Å². The highest BCUT2D eigenvalue weighted by atomic mass is 35.5. The van der Waals surface area contributed by atoms with E-state index in [1.54, 1.807) is 0 Å². The Kier molecular flexibility index (Phi) is 7.12. The van der Waals surface area contributed by atoms with Crippen LogP contribution in [0.15, 0.2) is 18.2 Å². The maximum Gasteiger partial charge on any atom is 0.225 e. The van der Waals surface area contributed by atoms with Gasteiger partial charge in [-0.1, -0.05) is 31.0 Å². The van der Waals surface area contributed by atoms with E-state index in [9.17, 15) is 4.79 Å². The normalized spacial score (nSPS) is 23.9. The van der Waals surface area contributed by atoms with Crippen LogP contribution in [0.1, 0.15) is 56.1 Å². The molecule has 0 spiro atoms. The second kappa shape index (κ2) is 8.87. The zero-order valence-corrected chi connectivity index (χ0v) is 15.8. The number of rotatable bonds is 4.